The summed E-state index contributed by atoms with van der Waals surface area (Å²) in [4.78, 5) is 10.5. The topological polar surface area (TPSA) is 40.5 Å². The number of rotatable bonds is 1. The summed E-state index contributed by atoms with van der Waals surface area (Å²) in [7, 11) is 0. The fraction of sp³-hybridized carbons (Fsp3) is 0.364. The first-order valence-corrected chi connectivity index (χ1v) is 5.34. The molecule has 0 radical (unpaired) electrons. The first kappa shape index (κ1) is 12.8. The van der Waals surface area contributed by atoms with Crippen molar-refractivity contribution in [1.82, 2.24) is 0 Å². The van der Waals surface area contributed by atoms with Crippen LogP contribution in [0.4, 0.5) is 10.1 Å². The zero-order chi connectivity index (χ0) is 12.0. The molecule has 0 bridgehead atoms. The fourth-order valence-corrected chi connectivity index (χ4v) is 1.77. The van der Waals surface area contributed by atoms with Gasteiger partial charge in [-0.2, -0.15) is 0 Å². The lowest BCUT2D eigenvalue weighted by Gasteiger charge is -2.17. The monoisotopic (exact) mass is 245 g/mol. The Balaban J connectivity index is 0.000000386. The minimum Gasteiger partial charge on any atom is -0.483 e. The smallest absolute Gasteiger partial charge is 0.290 e. The molecule has 0 amide bonds. The van der Waals surface area contributed by atoms with Crippen molar-refractivity contribution < 1.29 is 14.3 Å². The van der Waals surface area contributed by atoms with Gasteiger partial charge in [0, 0.05) is 18.8 Å². The van der Waals surface area contributed by atoms with E-state index in [4.69, 9.17) is 21.5 Å². The Morgan fingerprint density at radius 2 is 1.94 bits per heavy atom. The number of hydrogen-bond donors (Lipinski definition) is 1. The molecule has 1 fully saturated rings. The highest BCUT2D eigenvalue weighted by molar-refractivity contribution is 6.30. The van der Waals surface area contributed by atoms with E-state index in [2.05, 4.69) is 4.90 Å². The Morgan fingerprint density at radius 3 is 2.44 bits per heavy atom. The van der Waals surface area contributed by atoms with E-state index < -0.39 is 0 Å². The third-order valence-corrected chi connectivity index (χ3v) is 2.68. The van der Waals surface area contributed by atoms with Gasteiger partial charge in [-0.25, -0.2) is 4.39 Å². The van der Waals surface area contributed by atoms with E-state index in [9.17, 15) is 4.39 Å². The second-order valence-electron chi connectivity index (χ2n) is 3.40. The summed E-state index contributed by atoms with van der Waals surface area (Å²) >= 11 is 5.59. The summed E-state index contributed by atoms with van der Waals surface area (Å²) in [6, 6.07) is 4.99. The van der Waals surface area contributed by atoms with Gasteiger partial charge < -0.3 is 10.0 Å². The number of carboxylic acid groups (broad SMARTS) is 1. The fourth-order valence-electron chi connectivity index (χ4n) is 1.66. The summed E-state index contributed by atoms with van der Waals surface area (Å²) in [6.45, 7) is 1.81. The van der Waals surface area contributed by atoms with Crippen LogP contribution in [0.25, 0.3) is 0 Å². The van der Waals surface area contributed by atoms with Crippen molar-refractivity contribution in [2.75, 3.05) is 18.0 Å². The van der Waals surface area contributed by atoms with Gasteiger partial charge in [-0.1, -0.05) is 11.6 Å². The molecule has 2 rings (SSSR count). The molecule has 1 heterocycles. The van der Waals surface area contributed by atoms with E-state index in [-0.39, 0.29) is 17.3 Å². The number of hydrogen-bond acceptors (Lipinski definition) is 2. The highest BCUT2D eigenvalue weighted by Crippen LogP contribution is 2.24. The van der Waals surface area contributed by atoms with Gasteiger partial charge in [0.15, 0.2) is 0 Å². The lowest BCUT2D eigenvalue weighted by Crippen LogP contribution is -2.17. The predicted octanol–water partition coefficient (Wildman–Crippen LogP) is 2.78. The second-order valence-corrected chi connectivity index (χ2v) is 3.81. The molecule has 0 spiro atoms. The molecule has 0 atom stereocenters. The zero-order valence-corrected chi connectivity index (χ0v) is 9.45. The molecule has 1 aliphatic rings. The van der Waals surface area contributed by atoms with Gasteiger partial charge in [-0.3, -0.25) is 4.79 Å². The second kappa shape index (κ2) is 6.33. The lowest BCUT2D eigenvalue weighted by atomic mass is 10.3. The molecule has 1 N–H and O–H groups in total. The minimum absolute atomic E-state index is 0.197. The van der Waals surface area contributed by atoms with Crippen molar-refractivity contribution in [2.24, 2.45) is 0 Å². The molecule has 1 saturated heterocycles. The third-order valence-electron chi connectivity index (χ3n) is 2.37. The van der Waals surface area contributed by atoms with Gasteiger partial charge in [0.1, 0.15) is 5.82 Å². The zero-order valence-electron chi connectivity index (χ0n) is 8.70. The van der Waals surface area contributed by atoms with Crippen LogP contribution in [0, 0.1) is 5.82 Å². The van der Waals surface area contributed by atoms with Crippen molar-refractivity contribution in [3.63, 3.8) is 0 Å². The molecule has 5 heteroatoms. The molecule has 16 heavy (non-hydrogen) atoms. The normalized spacial score (nSPS) is 14.2. The summed E-state index contributed by atoms with van der Waals surface area (Å²) in [5.41, 5.74) is 0.944. The van der Waals surface area contributed by atoms with Crippen LogP contribution in [-0.4, -0.2) is 24.7 Å². The average molecular weight is 246 g/mol. The SMILES string of the molecule is Fc1cc(N2CCCC2)ccc1Cl.O=CO. The summed E-state index contributed by atoms with van der Waals surface area (Å²) in [5.74, 6) is -0.328. The van der Waals surface area contributed by atoms with E-state index in [0.29, 0.717) is 0 Å². The van der Waals surface area contributed by atoms with Crippen LogP contribution >= 0.6 is 11.6 Å². The number of carbonyl (C=O) groups is 1. The molecule has 0 unspecified atom stereocenters. The maximum atomic E-state index is 13.1. The van der Waals surface area contributed by atoms with Crippen LogP contribution in [0.5, 0.6) is 0 Å². The van der Waals surface area contributed by atoms with Gasteiger partial charge >= 0.3 is 0 Å². The quantitative estimate of drug-likeness (QED) is 0.774. The first-order chi connectivity index (χ1) is 7.69. The van der Waals surface area contributed by atoms with Gasteiger partial charge in [0.05, 0.1) is 5.02 Å². The van der Waals surface area contributed by atoms with Gasteiger partial charge in [-0.15, -0.1) is 0 Å². The highest BCUT2D eigenvalue weighted by atomic mass is 35.5. The van der Waals surface area contributed by atoms with E-state index in [1.165, 1.54) is 18.9 Å². The molecule has 3 nitrogen and oxygen atoms in total. The predicted molar refractivity (Wildman–Crippen MR) is 61.5 cm³/mol. The Bertz CT molecular complexity index is 354. The van der Waals surface area contributed by atoms with Crippen LogP contribution in [-0.2, 0) is 4.79 Å². The van der Waals surface area contributed by atoms with E-state index >= 15 is 0 Å². The molecular formula is C11H13ClFNO2. The maximum Gasteiger partial charge on any atom is 0.290 e. The Kier molecular flexibility index (Phi) is 5.05. The molecule has 0 aliphatic carbocycles. The third kappa shape index (κ3) is 3.38. The molecule has 0 saturated carbocycles. The average Bonchev–Trinajstić information content (AvgIpc) is 2.76. The first-order valence-electron chi connectivity index (χ1n) is 4.97. The maximum absolute atomic E-state index is 13.1. The van der Waals surface area contributed by atoms with Crippen molar-refractivity contribution in [1.29, 1.82) is 0 Å². The summed E-state index contributed by atoms with van der Waals surface area (Å²) in [6.07, 6.45) is 2.40. The molecule has 1 aliphatic heterocycles. The number of benzene rings is 1. The Hall–Kier alpha value is -1.29. The molecule has 0 aromatic heterocycles. The minimum atomic E-state index is -0.328. The van der Waals surface area contributed by atoms with Gasteiger partial charge in [-0.05, 0) is 31.0 Å². The molecule has 1 aromatic rings. The van der Waals surface area contributed by atoms with Crippen molar-refractivity contribution in [2.45, 2.75) is 12.8 Å². The van der Waals surface area contributed by atoms with Crippen LogP contribution in [0.2, 0.25) is 5.02 Å². The number of halogens is 2. The number of anilines is 1. The van der Waals surface area contributed by atoms with Crippen molar-refractivity contribution >= 4 is 23.8 Å². The summed E-state index contributed by atoms with van der Waals surface area (Å²) in [5, 5.41) is 7.09. The van der Waals surface area contributed by atoms with Crippen LogP contribution in [0.3, 0.4) is 0 Å². The van der Waals surface area contributed by atoms with Crippen LogP contribution in [0.15, 0.2) is 18.2 Å². The Labute approximate surface area is 98.4 Å². The van der Waals surface area contributed by atoms with E-state index in [0.717, 1.165) is 18.8 Å². The van der Waals surface area contributed by atoms with Crippen molar-refractivity contribution in [3.05, 3.63) is 29.0 Å². The molecule has 88 valence electrons. The standard InChI is InChI=1S/C10H11ClFN.CH2O2/c11-9-4-3-8(7-10(9)12)13-5-1-2-6-13;2-1-3/h3-4,7H,1-2,5-6H2;1H,(H,2,3). The van der Waals surface area contributed by atoms with Gasteiger partial charge in [0.2, 0.25) is 0 Å². The summed E-state index contributed by atoms with van der Waals surface area (Å²) < 4.78 is 13.1. The van der Waals surface area contributed by atoms with Gasteiger partial charge in [0.25, 0.3) is 6.47 Å². The molecule has 1 aromatic carbocycles. The largest absolute Gasteiger partial charge is 0.483 e. The van der Waals surface area contributed by atoms with Crippen molar-refractivity contribution in [3.8, 4) is 0 Å². The van der Waals surface area contributed by atoms with E-state index in [1.807, 2.05) is 6.07 Å². The lowest BCUT2D eigenvalue weighted by molar-refractivity contribution is -0.122. The highest BCUT2D eigenvalue weighted by Gasteiger charge is 2.13. The molecular weight excluding hydrogens is 233 g/mol. The van der Waals surface area contributed by atoms with E-state index in [1.54, 1.807) is 6.07 Å². The Morgan fingerprint density at radius 1 is 1.38 bits per heavy atom. The number of nitrogens with zero attached hydrogens (tertiary/aromatic N) is 1. The van der Waals surface area contributed by atoms with Crippen LogP contribution in [0.1, 0.15) is 12.8 Å². The van der Waals surface area contributed by atoms with Crippen LogP contribution < -0.4 is 4.90 Å².